The van der Waals surface area contributed by atoms with Crippen LogP contribution in [-0.2, 0) is 5.41 Å². The van der Waals surface area contributed by atoms with Gasteiger partial charge in [0.1, 0.15) is 5.75 Å². The third-order valence-corrected chi connectivity index (χ3v) is 4.44. The van der Waals surface area contributed by atoms with Crippen LogP contribution < -0.4 is 0 Å². The Bertz CT molecular complexity index is 383. The maximum atomic E-state index is 10.1. The van der Waals surface area contributed by atoms with Gasteiger partial charge in [0.05, 0.1) is 0 Å². The topological polar surface area (TPSA) is 20.2 Å². The van der Waals surface area contributed by atoms with Gasteiger partial charge in [0, 0.05) is 5.56 Å². The van der Waals surface area contributed by atoms with E-state index in [9.17, 15) is 5.11 Å². The minimum Gasteiger partial charge on any atom is -0.508 e. The maximum absolute atomic E-state index is 10.1. The summed E-state index contributed by atoms with van der Waals surface area (Å²) in [6.45, 7) is 6.73. The van der Waals surface area contributed by atoms with Gasteiger partial charge in [-0.25, -0.2) is 0 Å². The SMILES string of the molecule is Cc1ccc(O)c(C2(C)CCCCC2C)c1. The Labute approximate surface area is 98.5 Å². The first-order chi connectivity index (χ1) is 7.54. The Balaban J connectivity index is 2.44. The molecule has 0 aromatic heterocycles. The predicted octanol–water partition coefficient (Wildman–Crippen LogP) is 4.17. The van der Waals surface area contributed by atoms with Gasteiger partial charge in [0.2, 0.25) is 0 Å². The van der Waals surface area contributed by atoms with Gasteiger partial charge in [-0.05, 0) is 37.2 Å². The Morgan fingerprint density at radius 1 is 1.31 bits per heavy atom. The molecule has 88 valence electrons. The van der Waals surface area contributed by atoms with E-state index in [1.807, 2.05) is 12.1 Å². The van der Waals surface area contributed by atoms with E-state index in [-0.39, 0.29) is 5.41 Å². The lowest BCUT2D eigenvalue weighted by Gasteiger charge is -2.40. The largest absolute Gasteiger partial charge is 0.508 e. The second kappa shape index (κ2) is 4.12. The average molecular weight is 218 g/mol. The summed E-state index contributed by atoms with van der Waals surface area (Å²) < 4.78 is 0. The van der Waals surface area contributed by atoms with Crippen LogP contribution in [0.25, 0.3) is 0 Å². The molecule has 1 N–H and O–H groups in total. The third kappa shape index (κ3) is 1.83. The average Bonchev–Trinajstić information content (AvgIpc) is 2.26. The summed E-state index contributed by atoms with van der Waals surface area (Å²) >= 11 is 0. The molecule has 1 aromatic rings. The molecule has 2 atom stereocenters. The summed E-state index contributed by atoms with van der Waals surface area (Å²) in [4.78, 5) is 0. The lowest BCUT2D eigenvalue weighted by molar-refractivity contribution is 0.215. The van der Waals surface area contributed by atoms with Crippen molar-refractivity contribution in [3.63, 3.8) is 0 Å². The lowest BCUT2D eigenvalue weighted by atomic mass is 9.64. The highest BCUT2D eigenvalue weighted by Crippen LogP contribution is 2.46. The fraction of sp³-hybridized carbons (Fsp3) is 0.600. The van der Waals surface area contributed by atoms with Crippen LogP contribution in [-0.4, -0.2) is 5.11 Å². The summed E-state index contributed by atoms with van der Waals surface area (Å²) in [7, 11) is 0. The van der Waals surface area contributed by atoms with Crippen molar-refractivity contribution < 1.29 is 5.11 Å². The molecule has 0 amide bonds. The van der Waals surface area contributed by atoms with Crippen LogP contribution in [0.15, 0.2) is 18.2 Å². The number of hydrogen-bond donors (Lipinski definition) is 1. The normalized spacial score (nSPS) is 30.3. The lowest BCUT2D eigenvalue weighted by Crippen LogP contribution is -2.33. The minimum absolute atomic E-state index is 0.161. The molecule has 0 aliphatic heterocycles. The molecule has 16 heavy (non-hydrogen) atoms. The van der Waals surface area contributed by atoms with E-state index < -0.39 is 0 Å². The first-order valence-electron chi connectivity index (χ1n) is 6.34. The van der Waals surface area contributed by atoms with Crippen molar-refractivity contribution in [2.75, 3.05) is 0 Å². The molecule has 0 spiro atoms. The molecular formula is C15H22O. The molecule has 0 heterocycles. The fourth-order valence-electron chi connectivity index (χ4n) is 3.02. The number of phenols is 1. The summed E-state index contributed by atoms with van der Waals surface area (Å²) in [5, 5.41) is 10.1. The fourth-order valence-corrected chi connectivity index (χ4v) is 3.02. The number of aromatic hydroxyl groups is 1. The molecule has 1 aliphatic carbocycles. The van der Waals surface area contributed by atoms with Gasteiger partial charge < -0.3 is 5.11 Å². The van der Waals surface area contributed by atoms with Gasteiger partial charge in [-0.2, -0.15) is 0 Å². The van der Waals surface area contributed by atoms with Crippen LogP contribution in [0.2, 0.25) is 0 Å². The van der Waals surface area contributed by atoms with Crippen LogP contribution in [0.4, 0.5) is 0 Å². The second-order valence-corrected chi connectivity index (χ2v) is 5.58. The van der Waals surface area contributed by atoms with E-state index in [4.69, 9.17) is 0 Å². The number of phenolic OH excluding ortho intramolecular Hbond substituents is 1. The highest BCUT2D eigenvalue weighted by atomic mass is 16.3. The van der Waals surface area contributed by atoms with Crippen LogP contribution in [0.1, 0.15) is 50.7 Å². The van der Waals surface area contributed by atoms with Crippen LogP contribution >= 0.6 is 0 Å². The number of aryl methyl sites for hydroxylation is 1. The van der Waals surface area contributed by atoms with E-state index in [1.54, 1.807) is 0 Å². The summed E-state index contributed by atoms with van der Waals surface area (Å²) in [6, 6.07) is 5.99. The summed E-state index contributed by atoms with van der Waals surface area (Å²) in [5.41, 5.74) is 2.56. The summed E-state index contributed by atoms with van der Waals surface area (Å²) in [6.07, 6.45) is 5.10. The number of hydrogen-bond acceptors (Lipinski definition) is 1. The van der Waals surface area contributed by atoms with Crippen molar-refractivity contribution in [1.29, 1.82) is 0 Å². The van der Waals surface area contributed by atoms with Crippen LogP contribution in [0.5, 0.6) is 5.75 Å². The van der Waals surface area contributed by atoms with Crippen molar-refractivity contribution in [3.05, 3.63) is 29.3 Å². The van der Waals surface area contributed by atoms with Crippen molar-refractivity contribution >= 4 is 0 Å². The minimum atomic E-state index is 0.161. The first-order valence-corrected chi connectivity index (χ1v) is 6.34. The smallest absolute Gasteiger partial charge is 0.119 e. The highest BCUT2D eigenvalue weighted by Gasteiger charge is 2.36. The molecule has 0 saturated heterocycles. The van der Waals surface area contributed by atoms with Crippen molar-refractivity contribution in [2.24, 2.45) is 5.92 Å². The van der Waals surface area contributed by atoms with E-state index in [2.05, 4.69) is 26.8 Å². The monoisotopic (exact) mass is 218 g/mol. The molecule has 2 unspecified atom stereocenters. The molecule has 1 saturated carbocycles. The molecule has 1 nitrogen and oxygen atoms in total. The molecule has 1 fully saturated rings. The molecule has 1 heteroatoms. The Morgan fingerprint density at radius 3 is 2.75 bits per heavy atom. The molecule has 1 aliphatic rings. The quantitative estimate of drug-likeness (QED) is 0.750. The second-order valence-electron chi connectivity index (χ2n) is 5.58. The van der Waals surface area contributed by atoms with Gasteiger partial charge in [-0.3, -0.25) is 0 Å². The Kier molecular flexibility index (Phi) is 2.96. The zero-order valence-electron chi connectivity index (χ0n) is 10.6. The Morgan fingerprint density at radius 2 is 2.06 bits per heavy atom. The van der Waals surface area contributed by atoms with Crippen LogP contribution in [0, 0.1) is 12.8 Å². The zero-order chi connectivity index (χ0) is 11.8. The first kappa shape index (κ1) is 11.5. The molecule has 2 rings (SSSR count). The van der Waals surface area contributed by atoms with Crippen molar-refractivity contribution in [2.45, 2.75) is 51.9 Å². The number of rotatable bonds is 1. The highest BCUT2D eigenvalue weighted by molar-refractivity contribution is 5.41. The van der Waals surface area contributed by atoms with Gasteiger partial charge in [-0.15, -0.1) is 0 Å². The van der Waals surface area contributed by atoms with Gasteiger partial charge in [-0.1, -0.05) is 44.4 Å². The van der Waals surface area contributed by atoms with E-state index in [0.717, 1.165) is 5.56 Å². The van der Waals surface area contributed by atoms with Crippen molar-refractivity contribution in [3.8, 4) is 5.75 Å². The maximum Gasteiger partial charge on any atom is 0.119 e. The zero-order valence-corrected chi connectivity index (χ0v) is 10.6. The number of benzene rings is 1. The van der Waals surface area contributed by atoms with Gasteiger partial charge in [0.15, 0.2) is 0 Å². The van der Waals surface area contributed by atoms with Gasteiger partial charge in [0.25, 0.3) is 0 Å². The molecule has 0 bridgehead atoms. The van der Waals surface area contributed by atoms with E-state index in [1.165, 1.54) is 31.2 Å². The molecule has 0 radical (unpaired) electrons. The Hall–Kier alpha value is -0.980. The summed E-state index contributed by atoms with van der Waals surface area (Å²) in [5.74, 6) is 1.13. The van der Waals surface area contributed by atoms with Crippen LogP contribution in [0.3, 0.4) is 0 Å². The van der Waals surface area contributed by atoms with E-state index >= 15 is 0 Å². The standard InChI is InChI=1S/C15H22O/c1-11-7-8-14(16)13(10-11)15(3)9-5-4-6-12(15)2/h7-8,10,12,16H,4-6,9H2,1-3H3. The van der Waals surface area contributed by atoms with E-state index in [0.29, 0.717) is 11.7 Å². The molecular weight excluding hydrogens is 196 g/mol. The molecule has 1 aromatic carbocycles. The third-order valence-electron chi connectivity index (χ3n) is 4.44. The predicted molar refractivity (Wildman–Crippen MR) is 67.8 cm³/mol. The van der Waals surface area contributed by atoms with Gasteiger partial charge >= 0.3 is 0 Å². The van der Waals surface area contributed by atoms with Crippen molar-refractivity contribution in [1.82, 2.24) is 0 Å².